The Hall–Kier alpha value is -2.10. The Morgan fingerprint density at radius 3 is 2.35 bits per heavy atom. The Bertz CT molecular complexity index is 602. The molecule has 1 aliphatic carbocycles. The van der Waals surface area contributed by atoms with Gasteiger partial charge in [0.2, 0.25) is 11.2 Å². The molecule has 2 rings (SSSR count). The molecule has 17 heavy (non-hydrogen) atoms. The van der Waals surface area contributed by atoms with Gasteiger partial charge in [-0.05, 0) is 11.6 Å². The molecule has 6 heteroatoms. The molecule has 0 aliphatic heterocycles. The van der Waals surface area contributed by atoms with Gasteiger partial charge in [0.15, 0.2) is 5.78 Å². The zero-order valence-electron chi connectivity index (χ0n) is 8.38. The van der Waals surface area contributed by atoms with Crippen LogP contribution in [-0.4, -0.2) is 27.3 Å². The van der Waals surface area contributed by atoms with Gasteiger partial charge in [0, 0.05) is 11.1 Å². The molecule has 1 aromatic rings. The Balaban J connectivity index is 2.73. The fraction of sp³-hybridized carbons (Fsp3) is 0.0909. The standard InChI is InChI=1S/C11H5ClN2O3/c12-11(17)7-8(14-13)10(16)6-4-2-1-3-5(6)9(7)15/h1-4,7H. The van der Waals surface area contributed by atoms with Crippen LogP contribution in [0.4, 0.5) is 0 Å². The first kappa shape index (κ1) is 11.4. The minimum Gasteiger partial charge on any atom is -0.361 e. The van der Waals surface area contributed by atoms with E-state index < -0.39 is 28.4 Å². The van der Waals surface area contributed by atoms with Crippen molar-refractivity contribution in [3.8, 4) is 0 Å². The Kier molecular flexibility index (Phi) is 2.71. The van der Waals surface area contributed by atoms with Crippen LogP contribution in [0.2, 0.25) is 0 Å². The van der Waals surface area contributed by atoms with Gasteiger partial charge in [0.25, 0.3) is 5.78 Å². The number of rotatable bonds is 1. The summed E-state index contributed by atoms with van der Waals surface area (Å²) in [7, 11) is 0. The summed E-state index contributed by atoms with van der Waals surface area (Å²) < 4.78 is 0. The maximum absolute atomic E-state index is 11.9. The van der Waals surface area contributed by atoms with Crippen molar-refractivity contribution in [2.75, 3.05) is 0 Å². The second-order valence-electron chi connectivity index (χ2n) is 3.46. The molecule has 0 bridgehead atoms. The molecule has 0 amide bonds. The van der Waals surface area contributed by atoms with Gasteiger partial charge in [-0.15, -0.1) is 0 Å². The Morgan fingerprint density at radius 1 is 1.24 bits per heavy atom. The van der Waals surface area contributed by atoms with E-state index in [2.05, 4.69) is 4.79 Å². The number of carbonyl (C=O) groups excluding carboxylic acids is 3. The van der Waals surface area contributed by atoms with Gasteiger partial charge >= 0.3 is 5.71 Å². The third kappa shape index (κ3) is 1.62. The molecular formula is C11H5ClN2O3. The van der Waals surface area contributed by atoms with Crippen LogP contribution < -0.4 is 0 Å². The first-order valence-electron chi connectivity index (χ1n) is 4.67. The average molecular weight is 249 g/mol. The van der Waals surface area contributed by atoms with Crippen LogP contribution >= 0.6 is 11.6 Å². The second-order valence-corrected chi connectivity index (χ2v) is 3.83. The zero-order valence-corrected chi connectivity index (χ0v) is 9.14. The van der Waals surface area contributed by atoms with Crippen molar-refractivity contribution in [3.63, 3.8) is 0 Å². The van der Waals surface area contributed by atoms with Crippen LogP contribution in [0.3, 0.4) is 0 Å². The van der Waals surface area contributed by atoms with E-state index in [1.165, 1.54) is 12.1 Å². The minimum atomic E-state index is -1.52. The van der Waals surface area contributed by atoms with Crippen LogP contribution in [-0.2, 0) is 4.79 Å². The molecule has 0 aromatic heterocycles. The highest BCUT2D eigenvalue weighted by molar-refractivity contribution is 6.72. The zero-order chi connectivity index (χ0) is 12.6. The van der Waals surface area contributed by atoms with Crippen molar-refractivity contribution in [3.05, 3.63) is 40.9 Å². The number of benzene rings is 1. The molecule has 5 nitrogen and oxygen atoms in total. The second kappa shape index (κ2) is 4.05. The summed E-state index contributed by atoms with van der Waals surface area (Å²) in [5.41, 5.74) is 8.42. The van der Waals surface area contributed by atoms with Crippen molar-refractivity contribution < 1.29 is 19.2 Å². The molecule has 0 saturated heterocycles. The van der Waals surface area contributed by atoms with Crippen molar-refractivity contribution in [1.29, 1.82) is 0 Å². The van der Waals surface area contributed by atoms with Crippen molar-refractivity contribution in [2.45, 2.75) is 0 Å². The normalized spacial score (nSPS) is 18.6. The Morgan fingerprint density at radius 2 is 1.82 bits per heavy atom. The summed E-state index contributed by atoms with van der Waals surface area (Å²) in [4.78, 5) is 37.6. The van der Waals surface area contributed by atoms with E-state index >= 15 is 0 Å². The third-order valence-corrected chi connectivity index (χ3v) is 2.76. The number of ketones is 2. The van der Waals surface area contributed by atoms with Gasteiger partial charge in [-0.1, -0.05) is 24.3 Å². The predicted molar refractivity (Wildman–Crippen MR) is 58.1 cm³/mol. The van der Waals surface area contributed by atoms with Gasteiger partial charge in [-0.25, -0.2) is 0 Å². The van der Waals surface area contributed by atoms with Gasteiger partial charge < -0.3 is 5.53 Å². The summed E-state index contributed by atoms with van der Waals surface area (Å²) in [6.07, 6.45) is 0. The molecular weight excluding hydrogens is 244 g/mol. The molecule has 0 saturated carbocycles. The molecule has 1 unspecified atom stereocenters. The number of nitrogens with zero attached hydrogens (tertiary/aromatic N) is 2. The third-order valence-electron chi connectivity index (χ3n) is 2.54. The fourth-order valence-corrected chi connectivity index (χ4v) is 1.96. The SMILES string of the molecule is [N-]=[N+]=C1C(=O)c2ccccc2C(=O)C1C(=O)Cl. The van der Waals surface area contributed by atoms with E-state index in [1.807, 2.05) is 0 Å². The summed E-state index contributed by atoms with van der Waals surface area (Å²) in [5, 5.41) is -1.04. The van der Waals surface area contributed by atoms with Crippen LogP contribution in [0.1, 0.15) is 20.7 Å². The molecule has 84 valence electrons. The fourth-order valence-electron chi connectivity index (χ4n) is 1.76. The lowest BCUT2D eigenvalue weighted by atomic mass is 9.81. The molecule has 0 N–H and O–H groups in total. The van der Waals surface area contributed by atoms with E-state index in [4.69, 9.17) is 17.1 Å². The quantitative estimate of drug-likeness (QED) is 0.323. The van der Waals surface area contributed by atoms with E-state index in [9.17, 15) is 14.4 Å². The van der Waals surface area contributed by atoms with Crippen LogP contribution in [0.25, 0.3) is 5.53 Å². The molecule has 1 aliphatic rings. The monoisotopic (exact) mass is 248 g/mol. The number of hydrogen-bond donors (Lipinski definition) is 0. The van der Waals surface area contributed by atoms with Crippen LogP contribution in [0, 0.1) is 5.92 Å². The molecule has 1 atom stereocenters. The predicted octanol–water partition coefficient (Wildman–Crippen LogP) is 1.12. The first-order valence-corrected chi connectivity index (χ1v) is 5.05. The largest absolute Gasteiger partial charge is 0.361 e. The molecule has 0 heterocycles. The molecule has 0 spiro atoms. The first-order chi connectivity index (χ1) is 8.07. The summed E-state index contributed by atoms with van der Waals surface area (Å²) in [5.74, 6) is -2.82. The number of halogens is 1. The lowest BCUT2D eigenvalue weighted by Gasteiger charge is -2.15. The van der Waals surface area contributed by atoms with Gasteiger partial charge in [0.05, 0.1) is 0 Å². The highest BCUT2D eigenvalue weighted by atomic mass is 35.5. The lowest BCUT2D eigenvalue weighted by molar-refractivity contribution is -0.113. The van der Waals surface area contributed by atoms with E-state index in [0.29, 0.717) is 0 Å². The maximum atomic E-state index is 11.9. The van der Waals surface area contributed by atoms with Crippen molar-refractivity contribution in [2.24, 2.45) is 5.92 Å². The Labute approximate surface area is 101 Å². The van der Waals surface area contributed by atoms with Gasteiger partial charge in [0.1, 0.15) is 0 Å². The van der Waals surface area contributed by atoms with Crippen LogP contribution in [0.5, 0.6) is 0 Å². The lowest BCUT2D eigenvalue weighted by Crippen LogP contribution is -2.40. The van der Waals surface area contributed by atoms with E-state index in [-0.39, 0.29) is 11.1 Å². The topological polar surface area (TPSA) is 87.6 Å². The minimum absolute atomic E-state index is 0.111. The van der Waals surface area contributed by atoms with Gasteiger partial charge in [-0.3, -0.25) is 14.4 Å². The summed E-state index contributed by atoms with van der Waals surface area (Å²) in [6, 6.07) is 5.99. The number of Topliss-reactive ketones (excluding diaryl/α,β-unsaturated/α-hetero) is 2. The van der Waals surface area contributed by atoms with E-state index in [0.717, 1.165) is 0 Å². The highest BCUT2D eigenvalue weighted by Gasteiger charge is 2.48. The molecule has 0 fully saturated rings. The van der Waals surface area contributed by atoms with Crippen LogP contribution in [0.15, 0.2) is 24.3 Å². The number of carbonyl (C=O) groups is 3. The summed E-state index contributed by atoms with van der Waals surface area (Å²) >= 11 is 5.25. The smallest absolute Gasteiger partial charge is 0.358 e. The average Bonchev–Trinajstić information content (AvgIpc) is 2.33. The summed E-state index contributed by atoms with van der Waals surface area (Å²) in [6.45, 7) is 0. The molecule has 1 aromatic carbocycles. The number of fused-ring (bicyclic) bond motifs is 1. The number of hydrogen-bond acceptors (Lipinski definition) is 3. The van der Waals surface area contributed by atoms with Gasteiger partial charge in [-0.2, -0.15) is 4.79 Å². The maximum Gasteiger partial charge on any atom is 0.358 e. The van der Waals surface area contributed by atoms with E-state index in [1.54, 1.807) is 12.1 Å². The highest BCUT2D eigenvalue weighted by Crippen LogP contribution is 2.24. The van der Waals surface area contributed by atoms with Crippen molar-refractivity contribution in [1.82, 2.24) is 0 Å². The molecule has 0 radical (unpaired) electrons. The van der Waals surface area contributed by atoms with Crippen molar-refractivity contribution >= 4 is 34.1 Å².